The molecule has 2 aromatic rings. The second-order valence-corrected chi connectivity index (χ2v) is 9.00. The first kappa shape index (κ1) is 20.6. The first-order chi connectivity index (χ1) is 13.7. The number of hydrogen-bond acceptors (Lipinski definition) is 4. The summed E-state index contributed by atoms with van der Waals surface area (Å²) in [4.78, 5) is 18.7. The van der Waals surface area contributed by atoms with E-state index in [9.17, 15) is 4.79 Å². The van der Waals surface area contributed by atoms with E-state index in [1.54, 1.807) is 12.1 Å². The SMILES string of the molecule is CC1(c2cc(Cl)c(Cl)c(Cl)c2)CC(c2ccc(N3CC(C(=O)O)C3)c(Cl)c2)=NO1. The van der Waals surface area contributed by atoms with Crippen molar-refractivity contribution in [3.05, 3.63) is 61.5 Å². The Balaban J connectivity index is 1.52. The molecule has 0 radical (unpaired) electrons. The van der Waals surface area contributed by atoms with Crippen molar-refractivity contribution < 1.29 is 14.7 Å². The molecule has 1 atom stereocenters. The molecule has 5 nitrogen and oxygen atoms in total. The van der Waals surface area contributed by atoms with Gasteiger partial charge in [0.25, 0.3) is 0 Å². The Morgan fingerprint density at radius 3 is 2.38 bits per heavy atom. The molecule has 1 unspecified atom stereocenters. The second-order valence-electron chi connectivity index (χ2n) is 7.40. The monoisotopic (exact) mass is 472 g/mol. The number of carboxylic acid groups (broad SMARTS) is 1. The standard InChI is InChI=1S/C20H16Cl4N2O3/c1-20(12-5-14(22)18(24)15(23)6-12)7-16(25-29-20)10-2-3-17(13(21)4-10)26-8-11(9-26)19(27)28/h2-6,11H,7-9H2,1H3,(H,27,28). The number of oxime groups is 1. The summed E-state index contributed by atoms with van der Waals surface area (Å²) in [5.41, 5.74) is 2.44. The van der Waals surface area contributed by atoms with Crippen LogP contribution in [0.15, 0.2) is 35.5 Å². The molecule has 9 heteroatoms. The van der Waals surface area contributed by atoms with Crippen LogP contribution in [0.25, 0.3) is 0 Å². The van der Waals surface area contributed by atoms with Crippen LogP contribution >= 0.6 is 46.4 Å². The smallest absolute Gasteiger partial charge is 0.310 e. The van der Waals surface area contributed by atoms with Gasteiger partial charge in [0.15, 0.2) is 5.60 Å². The topological polar surface area (TPSA) is 62.1 Å². The van der Waals surface area contributed by atoms with Gasteiger partial charge in [-0.25, -0.2) is 0 Å². The minimum atomic E-state index is -0.784. The fourth-order valence-electron chi connectivity index (χ4n) is 3.48. The Morgan fingerprint density at radius 1 is 1.14 bits per heavy atom. The molecule has 4 rings (SSSR count). The van der Waals surface area contributed by atoms with Crippen LogP contribution in [-0.4, -0.2) is 29.9 Å². The number of aliphatic carboxylic acids is 1. The van der Waals surface area contributed by atoms with Crippen molar-refractivity contribution in [1.82, 2.24) is 0 Å². The molecule has 2 aliphatic rings. The highest BCUT2D eigenvalue weighted by atomic mass is 35.5. The Hall–Kier alpha value is -1.66. The summed E-state index contributed by atoms with van der Waals surface area (Å²) in [6.07, 6.45) is 0.502. The van der Waals surface area contributed by atoms with Crippen molar-refractivity contribution >= 4 is 63.8 Å². The third kappa shape index (κ3) is 3.77. The van der Waals surface area contributed by atoms with E-state index in [-0.39, 0.29) is 5.92 Å². The Labute approximate surface area is 187 Å². The fraction of sp³-hybridized carbons (Fsp3) is 0.300. The molecule has 1 saturated heterocycles. The molecule has 1 N–H and O–H groups in total. The maximum atomic E-state index is 11.0. The van der Waals surface area contributed by atoms with Gasteiger partial charge in [-0.05, 0) is 31.2 Å². The van der Waals surface area contributed by atoms with Gasteiger partial charge in [-0.2, -0.15) is 0 Å². The van der Waals surface area contributed by atoms with E-state index in [1.165, 1.54) is 0 Å². The summed E-state index contributed by atoms with van der Waals surface area (Å²) in [7, 11) is 0. The number of halogens is 4. The third-order valence-corrected chi connectivity index (χ3v) is 6.81. The lowest BCUT2D eigenvalue weighted by Crippen LogP contribution is -2.50. The van der Waals surface area contributed by atoms with Crippen LogP contribution in [0, 0.1) is 5.92 Å². The quantitative estimate of drug-likeness (QED) is 0.564. The van der Waals surface area contributed by atoms with Crippen molar-refractivity contribution in [3.63, 3.8) is 0 Å². The van der Waals surface area contributed by atoms with Crippen LogP contribution in [0.1, 0.15) is 24.5 Å². The van der Waals surface area contributed by atoms with Crippen LogP contribution in [0.4, 0.5) is 5.69 Å². The van der Waals surface area contributed by atoms with Gasteiger partial charge in [0.05, 0.1) is 37.4 Å². The van der Waals surface area contributed by atoms with E-state index in [4.69, 9.17) is 56.3 Å². The van der Waals surface area contributed by atoms with Gasteiger partial charge in [0.1, 0.15) is 0 Å². The fourth-order valence-corrected chi connectivity index (χ4v) is 4.38. The van der Waals surface area contributed by atoms with E-state index in [0.29, 0.717) is 39.6 Å². The highest BCUT2D eigenvalue weighted by molar-refractivity contribution is 6.48. The summed E-state index contributed by atoms with van der Waals surface area (Å²) < 4.78 is 0. The number of nitrogens with zero attached hydrogens (tertiary/aromatic N) is 2. The molecule has 2 heterocycles. The lowest BCUT2D eigenvalue weighted by molar-refractivity contribution is -0.142. The van der Waals surface area contributed by atoms with E-state index in [0.717, 1.165) is 22.5 Å². The largest absolute Gasteiger partial charge is 0.481 e. The molecule has 29 heavy (non-hydrogen) atoms. The zero-order valence-corrected chi connectivity index (χ0v) is 18.3. The van der Waals surface area contributed by atoms with Gasteiger partial charge in [-0.3, -0.25) is 4.79 Å². The molecule has 2 aromatic carbocycles. The Kier molecular flexibility index (Phi) is 5.36. The predicted molar refractivity (Wildman–Crippen MR) is 116 cm³/mol. The molecular formula is C20H16Cl4N2O3. The van der Waals surface area contributed by atoms with Crippen LogP contribution in [0.5, 0.6) is 0 Å². The summed E-state index contributed by atoms with van der Waals surface area (Å²) in [5.74, 6) is -1.13. The molecular weight excluding hydrogens is 458 g/mol. The zero-order valence-electron chi connectivity index (χ0n) is 15.3. The van der Waals surface area contributed by atoms with Crippen molar-refractivity contribution in [2.24, 2.45) is 11.1 Å². The van der Waals surface area contributed by atoms with Crippen LogP contribution in [0.2, 0.25) is 20.1 Å². The molecule has 152 valence electrons. The predicted octanol–water partition coefficient (Wildman–Crippen LogP) is 5.86. The highest BCUT2D eigenvalue weighted by Gasteiger charge is 2.38. The number of rotatable bonds is 4. The normalized spacial score (nSPS) is 21.6. The van der Waals surface area contributed by atoms with E-state index >= 15 is 0 Å². The van der Waals surface area contributed by atoms with Crippen LogP contribution in [-0.2, 0) is 15.2 Å². The summed E-state index contributed by atoms with van der Waals surface area (Å²) in [6, 6.07) is 9.07. The lowest BCUT2D eigenvalue weighted by Gasteiger charge is -2.39. The van der Waals surface area contributed by atoms with Crippen molar-refractivity contribution in [2.75, 3.05) is 18.0 Å². The maximum absolute atomic E-state index is 11.0. The number of hydrogen-bond donors (Lipinski definition) is 1. The van der Waals surface area contributed by atoms with E-state index in [1.807, 2.05) is 30.0 Å². The van der Waals surface area contributed by atoms with Crippen molar-refractivity contribution in [1.29, 1.82) is 0 Å². The molecule has 0 aliphatic carbocycles. The summed E-state index contributed by atoms with van der Waals surface area (Å²) in [6.45, 7) is 2.81. The molecule has 0 amide bonds. The first-order valence-electron chi connectivity index (χ1n) is 8.86. The minimum Gasteiger partial charge on any atom is -0.481 e. The number of carboxylic acids is 1. The van der Waals surface area contributed by atoms with Crippen LogP contribution in [0.3, 0.4) is 0 Å². The molecule has 1 fully saturated rings. The average Bonchev–Trinajstić information content (AvgIpc) is 3.02. The third-order valence-electron chi connectivity index (χ3n) is 5.31. The summed E-state index contributed by atoms with van der Waals surface area (Å²) in [5, 5.41) is 14.8. The van der Waals surface area contributed by atoms with E-state index in [2.05, 4.69) is 5.16 Å². The first-order valence-corrected chi connectivity index (χ1v) is 10.4. The second kappa shape index (κ2) is 7.55. The minimum absolute atomic E-state index is 0.304. The van der Waals surface area contributed by atoms with E-state index < -0.39 is 11.6 Å². The zero-order chi connectivity index (χ0) is 20.9. The van der Waals surface area contributed by atoms with Gasteiger partial charge >= 0.3 is 5.97 Å². The maximum Gasteiger partial charge on any atom is 0.310 e. The summed E-state index contributed by atoms with van der Waals surface area (Å²) >= 11 is 24.8. The lowest BCUT2D eigenvalue weighted by atomic mass is 9.89. The number of benzene rings is 2. The molecule has 2 aliphatic heterocycles. The Bertz CT molecular complexity index is 1010. The van der Waals surface area contributed by atoms with Crippen LogP contribution < -0.4 is 4.90 Å². The van der Waals surface area contributed by atoms with Gasteiger partial charge in [-0.15, -0.1) is 0 Å². The van der Waals surface area contributed by atoms with Gasteiger partial charge < -0.3 is 14.8 Å². The molecule has 0 saturated carbocycles. The van der Waals surface area contributed by atoms with Gasteiger partial charge in [-0.1, -0.05) is 57.6 Å². The molecule has 0 bridgehead atoms. The molecule has 0 spiro atoms. The average molecular weight is 474 g/mol. The Morgan fingerprint density at radius 2 is 1.79 bits per heavy atom. The molecule has 0 aromatic heterocycles. The highest BCUT2D eigenvalue weighted by Crippen LogP contribution is 2.41. The number of carbonyl (C=O) groups is 1. The van der Waals surface area contributed by atoms with Crippen molar-refractivity contribution in [2.45, 2.75) is 18.9 Å². The van der Waals surface area contributed by atoms with Gasteiger partial charge in [0.2, 0.25) is 0 Å². The number of anilines is 1. The van der Waals surface area contributed by atoms with Gasteiger partial charge in [0, 0.05) is 30.6 Å². The van der Waals surface area contributed by atoms with Crippen molar-refractivity contribution in [3.8, 4) is 0 Å².